The van der Waals surface area contributed by atoms with Crippen LogP contribution in [0.15, 0.2) is 39.9 Å². The van der Waals surface area contributed by atoms with E-state index in [2.05, 4.69) is 20.4 Å². The highest BCUT2D eigenvalue weighted by Crippen LogP contribution is 2.11. The summed E-state index contributed by atoms with van der Waals surface area (Å²) in [6.45, 7) is 1.20. The normalized spacial score (nSPS) is 16.8. The highest BCUT2D eigenvalue weighted by Gasteiger charge is 2.20. The van der Waals surface area contributed by atoms with Gasteiger partial charge in [-0.2, -0.15) is 4.98 Å². The van der Waals surface area contributed by atoms with Crippen LogP contribution in [0.3, 0.4) is 0 Å². The van der Waals surface area contributed by atoms with E-state index in [0.29, 0.717) is 17.4 Å². The van der Waals surface area contributed by atoms with E-state index in [4.69, 9.17) is 9.26 Å². The van der Waals surface area contributed by atoms with Crippen LogP contribution in [0.25, 0.3) is 10.9 Å². The molecule has 1 aromatic carbocycles. The van der Waals surface area contributed by atoms with Gasteiger partial charge in [-0.1, -0.05) is 17.3 Å². The molecule has 0 saturated carbocycles. The van der Waals surface area contributed by atoms with Gasteiger partial charge in [-0.05, 0) is 25.0 Å². The van der Waals surface area contributed by atoms with E-state index in [0.717, 1.165) is 19.4 Å². The lowest BCUT2D eigenvalue weighted by Gasteiger charge is -2.08. The van der Waals surface area contributed by atoms with Gasteiger partial charge in [-0.3, -0.25) is 14.2 Å². The van der Waals surface area contributed by atoms with Crippen molar-refractivity contribution in [2.24, 2.45) is 0 Å². The number of fused-ring (bicyclic) bond motifs is 1. The number of para-hydroxylation sites is 1. The Balaban J connectivity index is 1.45. The van der Waals surface area contributed by atoms with Crippen LogP contribution in [0.5, 0.6) is 0 Å². The van der Waals surface area contributed by atoms with E-state index in [1.807, 2.05) is 6.07 Å². The highest BCUT2D eigenvalue weighted by atomic mass is 16.5. The second kappa shape index (κ2) is 7.04. The molecule has 0 aliphatic carbocycles. The van der Waals surface area contributed by atoms with Gasteiger partial charge in [0.2, 0.25) is 0 Å². The average molecular weight is 355 g/mol. The van der Waals surface area contributed by atoms with Crippen LogP contribution in [0, 0.1) is 0 Å². The van der Waals surface area contributed by atoms with Crippen molar-refractivity contribution in [3.05, 3.63) is 52.7 Å². The number of nitrogens with zero attached hydrogens (tertiary/aromatic N) is 4. The molecule has 9 heteroatoms. The minimum atomic E-state index is -0.455. The third-order valence-corrected chi connectivity index (χ3v) is 4.22. The van der Waals surface area contributed by atoms with Crippen molar-refractivity contribution in [2.45, 2.75) is 25.5 Å². The van der Waals surface area contributed by atoms with Gasteiger partial charge in [0.25, 0.3) is 5.56 Å². The lowest BCUT2D eigenvalue weighted by Crippen LogP contribution is -2.32. The van der Waals surface area contributed by atoms with Crippen molar-refractivity contribution in [1.82, 2.24) is 25.0 Å². The standard InChI is InChI=1S/C17H17N5O4/c23-15(18-8-11-4-3-7-25-11)16-20-14(21-26-16)9-22-10-19-13-6-2-1-5-12(13)17(22)24/h1-2,5-6,10-11H,3-4,7-9H2,(H,18,23). The first kappa shape index (κ1) is 16.4. The average Bonchev–Trinajstić information content (AvgIpc) is 3.34. The van der Waals surface area contributed by atoms with E-state index in [9.17, 15) is 9.59 Å². The first-order valence-electron chi connectivity index (χ1n) is 8.37. The molecular weight excluding hydrogens is 338 g/mol. The molecule has 1 unspecified atom stereocenters. The zero-order chi connectivity index (χ0) is 17.9. The second-order valence-corrected chi connectivity index (χ2v) is 6.06. The molecular formula is C17H17N5O4. The number of carbonyl (C=O) groups excluding carboxylic acids is 1. The summed E-state index contributed by atoms with van der Waals surface area (Å²) in [7, 11) is 0. The molecule has 9 nitrogen and oxygen atoms in total. The molecule has 4 rings (SSSR count). The number of nitrogens with one attached hydrogen (secondary N) is 1. The van der Waals surface area contributed by atoms with Gasteiger partial charge >= 0.3 is 11.8 Å². The van der Waals surface area contributed by atoms with Gasteiger partial charge < -0.3 is 14.6 Å². The van der Waals surface area contributed by atoms with E-state index >= 15 is 0 Å². The summed E-state index contributed by atoms with van der Waals surface area (Å²) in [4.78, 5) is 32.8. The van der Waals surface area contributed by atoms with E-state index in [1.165, 1.54) is 10.9 Å². The molecule has 1 aliphatic heterocycles. The van der Waals surface area contributed by atoms with Crippen molar-refractivity contribution in [2.75, 3.05) is 13.2 Å². The second-order valence-electron chi connectivity index (χ2n) is 6.06. The van der Waals surface area contributed by atoms with Crippen LogP contribution >= 0.6 is 0 Å². The molecule has 3 aromatic rings. The van der Waals surface area contributed by atoms with E-state index in [-0.39, 0.29) is 29.9 Å². The smallest absolute Gasteiger partial charge is 0.316 e. The van der Waals surface area contributed by atoms with Crippen LogP contribution in [-0.4, -0.2) is 44.9 Å². The molecule has 134 valence electrons. The molecule has 1 fully saturated rings. The molecule has 0 bridgehead atoms. The Hall–Kier alpha value is -3.07. The largest absolute Gasteiger partial charge is 0.376 e. The molecule has 26 heavy (non-hydrogen) atoms. The number of ether oxygens (including phenoxy) is 1. The van der Waals surface area contributed by atoms with Crippen LogP contribution in [0.4, 0.5) is 0 Å². The van der Waals surface area contributed by atoms with Crippen LogP contribution in [0.1, 0.15) is 29.4 Å². The quantitative estimate of drug-likeness (QED) is 0.718. The number of carbonyl (C=O) groups is 1. The Morgan fingerprint density at radius 3 is 3.08 bits per heavy atom. The third-order valence-electron chi connectivity index (χ3n) is 4.22. The van der Waals surface area contributed by atoms with Gasteiger partial charge in [-0.15, -0.1) is 0 Å². The minimum absolute atomic E-state index is 0.0311. The zero-order valence-electron chi connectivity index (χ0n) is 13.9. The summed E-state index contributed by atoms with van der Waals surface area (Å²) in [5.41, 5.74) is 0.417. The Morgan fingerprint density at radius 2 is 2.23 bits per heavy atom. The Labute approximate surface area is 148 Å². The number of hydrogen-bond donors (Lipinski definition) is 1. The van der Waals surface area contributed by atoms with Crippen molar-refractivity contribution in [1.29, 1.82) is 0 Å². The number of benzene rings is 1. The predicted octanol–water partition coefficient (Wildman–Crippen LogP) is 0.737. The molecule has 1 saturated heterocycles. The third kappa shape index (κ3) is 3.33. The predicted molar refractivity (Wildman–Crippen MR) is 90.7 cm³/mol. The van der Waals surface area contributed by atoms with Crippen molar-refractivity contribution in [3.8, 4) is 0 Å². The van der Waals surface area contributed by atoms with Crippen LogP contribution < -0.4 is 10.9 Å². The molecule has 1 atom stereocenters. The Morgan fingerprint density at radius 1 is 1.35 bits per heavy atom. The number of aromatic nitrogens is 4. The summed E-state index contributed by atoms with van der Waals surface area (Å²) in [6.07, 6.45) is 3.38. The lowest BCUT2D eigenvalue weighted by molar-refractivity contribution is 0.0822. The molecule has 1 aliphatic rings. The lowest BCUT2D eigenvalue weighted by atomic mass is 10.2. The minimum Gasteiger partial charge on any atom is -0.376 e. The van der Waals surface area contributed by atoms with Gasteiger partial charge in [0.15, 0.2) is 5.82 Å². The van der Waals surface area contributed by atoms with Gasteiger partial charge in [0.1, 0.15) is 0 Å². The summed E-state index contributed by atoms with van der Waals surface area (Å²) >= 11 is 0. The summed E-state index contributed by atoms with van der Waals surface area (Å²) < 4.78 is 11.8. The van der Waals surface area contributed by atoms with Crippen LogP contribution in [-0.2, 0) is 11.3 Å². The number of rotatable bonds is 5. The van der Waals surface area contributed by atoms with Gasteiger partial charge in [0.05, 0.1) is 29.9 Å². The summed E-state index contributed by atoms with van der Waals surface area (Å²) in [5.74, 6) is -0.366. The molecule has 1 amide bonds. The van der Waals surface area contributed by atoms with E-state index < -0.39 is 5.91 Å². The number of amides is 1. The molecule has 0 spiro atoms. The van der Waals surface area contributed by atoms with Crippen molar-refractivity contribution in [3.63, 3.8) is 0 Å². The topological polar surface area (TPSA) is 112 Å². The van der Waals surface area contributed by atoms with Crippen LogP contribution in [0.2, 0.25) is 0 Å². The fourth-order valence-electron chi connectivity index (χ4n) is 2.87. The van der Waals surface area contributed by atoms with E-state index in [1.54, 1.807) is 18.2 Å². The molecule has 3 heterocycles. The molecule has 2 aromatic heterocycles. The zero-order valence-corrected chi connectivity index (χ0v) is 13.9. The maximum atomic E-state index is 12.5. The summed E-state index contributed by atoms with van der Waals surface area (Å²) in [5, 5.41) is 6.99. The first-order valence-corrected chi connectivity index (χ1v) is 8.37. The Kier molecular flexibility index (Phi) is 4.44. The fraction of sp³-hybridized carbons (Fsp3) is 0.353. The number of hydrogen-bond acceptors (Lipinski definition) is 7. The molecule has 1 N–H and O–H groups in total. The first-order chi connectivity index (χ1) is 12.7. The monoisotopic (exact) mass is 355 g/mol. The maximum Gasteiger partial charge on any atom is 0.316 e. The maximum absolute atomic E-state index is 12.5. The van der Waals surface area contributed by atoms with Crippen molar-refractivity contribution < 1.29 is 14.1 Å². The van der Waals surface area contributed by atoms with Crippen molar-refractivity contribution >= 4 is 16.8 Å². The Bertz CT molecular complexity index is 990. The summed E-state index contributed by atoms with van der Waals surface area (Å²) in [6, 6.07) is 7.08. The fourth-order valence-corrected chi connectivity index (χ4v) is 2.87. The molecule has 0 radical (unpaired) electrons. The SMILES string of the molecule is O=C(NCC1CCCO1)c1nc(Cn2cnc3ccccc3c2=O)no1. The van der Waals surface area contributed by atoms with Gasteiger partial charge in [-0.25, -0.2) is 4.98 Å². The van der Waals surface area contributed by atoms with Gasteiger partial charge in [0, 0.05) is 13.2 Å². The highest BCUT2D eigenvalue weighted by molar-refractivity contribution is 5.89.